The molecule has 0 aliphatic rings. The van der Waals surface area contributed by atoms with Crippen LogP contribution >= 0.6 is 34.5 Å². The normalized spacial score (nSPS) is 10.9. The van der Waals surface area contributed by atoms with Crippen LogP contribution < -0.4 is 5.32 Å². The van der Waals surface area contributed by atoms with Crippen LogP contribution in [0.1, 0.15) is 0 Å². The number of aromatic nitrogens is 1. The maximum atomic E-state index is 13.1. The van der Waals surface area contributed by atoms with Gasteiger partial charge in [0.1, 0.15) is 5.82 Å². The first-order valence-electron chi connectivity index (χ1n) is 5.39. The zero-order valence-corrected chi connectivity index (χ0v) is 11.8. The van der Waals surface area contributed by atoms with E-state index in [9.17, 15) is 4.39 Å². The number of benzene rings is 2. The highest BCUT2D eigenvalue weighted by molar-refractivity contribution is 7.22. The molecule has 0 saturated heterocycles. The Bertz CT molecular complexity index is 737. The predicted octanol–water partition coefficient (Wildman–Crippen LogP) is 5.49. The number of nitrogens with one attached hydrogen (secondary N) is 1. The van der Waals surface area contributed by atoms with Gasteiger partial charge in [-0.05, 0) is 36.4 Å². The molecule has 0 aliphatic heterocycles. The SMILES string of the molecule is Fc1ccc2nc(Nc3cc(Cl)cc(Cl)c3)sc2c1. The number of hydrogen-bond donors (Lipinski definition) is 1. The average Bonchev–Trinajstić information content (AvgIpc) is 2.68. The van der Waals surface area contributed by atoms with Crippen LogP contribution in [0.4, 0.5) is 15.2 Å². The third kappa shape index (κ3) is 2.81. The van der Waals surface area contributed by atoms with Crippen molar-refractivity contribution in [1.82, 2.24) is 4.98 Å². The number of fused-ring (bicyclic) bond motifs is 1. The van der Waals surface area contributed by atoms with Crippen molar-refractivity contribution in [3.05, 3.63) is 52.3 Å². The fourth-order valence-corrected chi connectivity index (χ4v) is 3.14. The van der Waals surface area contributed by atoms with Gasteiger partial charge in [-0.3, -0.25) is 0 Å². The molecule has 0 atom stereocenters. The van der Waals surface area contributed by atoms with Crippen molar-refractivity contribution >= 4 is 55.6 Å². The summed E-state index contributed by atoms with van der Waals surface area (Å²) in [6, 6.07) is 9.66. The Kier molecular flexibility index (Phi) is 3.31. The molecule has 1 N–H and O–H groups in total. The van der Waals surface area contributed by atoms with Crippen molar-refractivity contribution < 1.29 is 4.39 Å². The first kappa shape index (κ1) is 12.7. The maximum absolute atomic E-state index is 13.1. The monoisotopic (exact) mass is 312 g/mol. The van der Waals surface area contributed by atoms with Crippen LogP contribution in [0, 0.1) is 5.82 Å². The minimum Gasteiger partial charge on any atom is -0.331 e. The lowest BCUT2D eigenvalue weighted by Crippen LogP contribution is -1.88. The molecule has 0 aliphatic carbocycles. The molecule has 0 amide bonds. The zero-order chi connectivity index (χ0) is 13.4. The maximum Gasteiger partial charge on any atom is 0.188 e. The van der Waals surface area contributed by atoms with E-state index < -0.39 is 0 Å². The molecule has 0 spiro atoms. The number of anilines is 2. The molecule has 1 heterocycles. The summed E-state index contributed by atoms with van der Waals surface area (Å²) in [5, 5.41) is 4.86. The summed E-state index contributed by atoms with van der Waals surface area (Å²) in [4.78, 5) is 4.36. The van der Waals surface area contributed by atoms with Gasteiger partial charge in [-0.1, -0.05) is 34.5 Å². The van der Waals surface area contributed by atoms with Gasteiger partial charge >= 0.3 is 0 Å². The Labute approximate surface area is 122 Å². The summed E-state index contributed by atoms with van der Waals surface area (Å²) in [5.74, 6) is -0.270. The van der Waals surface area contributed by atoms with Crippen LogP contribution in [0.5, 0.6) is 0 Å². The molecule has 2 nitrogen and oxygen atoms in total. The summed E-state index contributed by atoms with van der Waals surface area (Å²) in [7, 11) is 0. The van der Waals surface area contributed by atoms with Gasteiger partial charge in [0.05, 0.1) is 10.2 Å². The highest BCUT2D eigenvalue weighted by Gasteiger charge is 2.06. The Hall–Kier alpha value is -1.36. The van der Waals surface area contributed by atoms with E-state index in [1.165, 1.54) is 23.5 Å². The number of halogens is 3. The van der Waals surface area contributed by atoms with E-state index in [1.54, 1.807) is 24.3 Å². The molecule has 0 fully saturated rings. The highest BCUT2D eigenvalue weighted by Crippen LogP contribution is 2.30. The van der Waals surface area contributed by atoms with E-state index in [2.05, 4.69) is 10.3 Å². The van der Waals surface area contributed by atoms with Crippen molar-refractivity contribution in [2.24, 2.45) is 0 Å². The summed E-state index contributed by atoms with van der Waals surface area (Å²) in [6.07, 6.45) is 0. The van der Waals surface area contributed by atoms with Gasteiger partial charge in [-0.25, -0.2) is 9.37 Å². The fourth-order valence-electron chi connectivity index (χ4n) is 1.70. The number of hydrogen-bond acceptors (Lipinski definition) is 3. The Morgan fingerprint density at radius 3 is 2.53 bits per heavy atom. The van der Waals surface area contributed by atoms with Crippen molar-refractivity contribution in [1.29, 1.82) is 0 Å². The summed E-state index contributed by atoms with van der Waals surface area (Å²) in [6.45, 7) is 0. The molecule has 0 unspecified atom stereocenters. The van der Waals surface area contributed by atoms with Gasteiger partial charge in [0.2, 0.25) is 0 Å². The second-order valence-corrected chi connectivity index (χ2v) is 5.82. The summed E-state index contributed by atoms with van der Waals surface area (Å²) in [5.41, 5.74) is 1.50. The quantitative estimate of drug-likeness (QED) is 0.677. The van der Waals surface area contributed by atoms with E-state index in [0.717, 1.165) is 15.9 Å². The molecular formula is C13H7Cl2FN2S. The summed E-state index contributed by atoms with van der Waals surface area (Å²) >= 11 is 13.2. The topological polar surface area (TPSA) is 24.9 Å². The van der Waals surface area contributed by atoms with Gasteiger partial charge in [0.25, 0.3) is 0 Å². The minimum atomic E-state index is -0.270. The highest BCUT2D eigenvalue weighted by atomic mass is 35.5. The molecule has 6 heteroatoms. The van der Waals surface area contributed by atoms with Gasteiger partial charge in [0, 0.05) is 15.7 Å². The first-order chi connectivity index (χ1) is 9.10. The standard InChI is InChI=1S/C13H7Cl2FN2S/c14-7-3-8(15)5-10(4-7)17-13-18-11-2-1-9(16)6-12(11)19-13/h1-6H,(H,17,18). The van der Waals surface area contributed by atoms with Crippen LogP contribution in [0.2, 0.25) is 10.0 Å². The molecule has 0 saturated carbocycles. The van der Waals surface area contributed by atoms with Crippen LogP contribution in [0.3, 0.4) is 0 Å². The number of thiazole rings is 1. The van der Waals surface area contributed by atoms with Gasteiger partial charge in [0.15, 0.2) is 5.13 Å². The molecule has 3 rings (SSSR count). The lowest BCUT2D eigenvalue weighted by molar-refractivity contribution is 0.630. The van der Waals surface area contributed by atoms with Crippen molar-refractivity contribution in [2.45, 2.75) is 0 Å². The molecular weight excluding hydrogens is 306 g/mol. The lowest BCUT2D eigenvalue weighted by atomic mass is 10.3. The molecule has 19 heavy (non-hydrogen) atoms. The van der Waals surface area contributed by atoms with E-state index in [-0.39, 0.29) is 5.82 Å². The second-order valence-electron chi connectivity index (χ2n) is 3.91. The molecule has 2 aromatic carbocycles. The summed E-state index contributed by atoms with van der Waals surface area (Å²) < 4.78 is 13.9. The Morgan fingerprint density at radius 1 is 1.05 bits per heavy atom. The Balaban J connectivity index is 1.96. The third-order valence-corrected chi connectivity index (χ3v) is 3.83. The Morgan fingerprint density at radius 2 is 1.79 bits per heavy atom. The van der Waals surface area contributed by atoms with Crippen LogP contribution in [-0.4, -0.2) is 4.98 Å². The van der Waals surface area contributed by atoms with Crippen LogP contribution in [0.25, 0.3) is 10.2 Å². The van der Waals surface area contributed by atoms with E-state index in [1.807, 2.05) is 0 Å². The average molecular weight is 313 g/mol. The van der Waals surface area contributed by atoms with Gasteiger partial charge in [-0.15, -0.1) is 0 Å². The largest absolute Gasteiger partial charge is 0.331 e. The van der Waals surface area contributed by atoms with E-state index in [4.69, 9.17) is 23.2 Å². The zero-order valence-electron chi connectivity index (χ0n) is 9.45. The van der Waals surface area contributed by atoms with Crippen molar-refractivity contribution in [3.8, 4) is 0 Å². The van der Waals surface area contributed by atoms with Gasteiger partial charge in [-0.2, -0.15) is 0 Å². The lowest BCUT2D eigenvalue weighted by Gasteiger charge is -2.03. The minimum absolute atomic E-state index is 0.270. The molecule has 0 radical (unpaired) electrons. The van der Waals surface area contributed by atoms with E-state index >= 15 is 0 Å². The number of nitrogens with zero attached hydrogens (tertiary/aromatic N) is 1. The number of rotatable bonds is 2. The fraction of sp³-hybridized carbons (Fsp3) is 0. The molecule has 3 aromatic rings. The third-order valence-electron chi connectivity index (χ3n) is 2.46. The molecule has 96 valence electrons. The van der Waals surface area contributed by atoms with Crippen molar-refractivity contribution in [3.63, 3.8) is 0 Å². The molecule has 1 aromatic heterocycles. The van der Waals surface area contributed by atoms with E-state index in [0.29, 0.717) is 15.2 Å². The second kappa shape index (κ2) is 4.96. The smallest absolute Gasteiger partial charge is 0.188 e. The predicted molar refractivity (Wildman–Crippen MR) is 79.3 cm³/mol. The van der Waals surface area contributed by atoms with Crippen molar-refractivity contribution in [2.75, 3.05) is 5.32 Å². The van der Waals surface area contributed by atoms with Gasteiger partial charge < -0.3 is 5.32 Å². The van der Waals surface area contributed by atoms with Crippen LogP contribution in [0.15, 0.2) is 36.4 Å². The molecule has 0 bridgehead atoms. The van der Waals surface area contributed by atoms with Crippen LogP contribution in [-0.2, 0) is 0 Å². The first-order valence-corrected chi connectivity index (χ1v) is 6.96.